The van der Waals surface area contributed by atoms with Gasteiger partial charge in [-0.05, 0) is 25.0 Å². The van der Waals surface area contributed by atoms with Gasteiger partial charge in [-0.2, -0.15) is 0 Å². The smallest absolute Gasteiger partial charge is 0.323 e. The molecule has 1 N–H and O–H groups in total. The second kappa shape index (κ2) is 8.05. The number of hydrogen-bond donors (Lipinski definition) is 1. The van der Waals surface area contributed by atoms with E-state index in [0.29, 0.717) is 36.8 Å². The van der Waals surface area contributed by atoms with Gasteiger partial charge < -0.3 is 19.6 Å². The lowest BCUT2D eigenvalue weighted by Gasteiger charge is -2.34. The Morgan fingerprint density at radius 3 is 2.62 bits per heavy atom. The lowest BCUT2D eigenvalue weighted by atomic mass is 10.0. The van der Waals surface area contributed by atoms with Crippen LogP contribution in [0.3, 0.4) is 0 Å². The van der Waals surface area contributed by atoms with E-state index in [1.807, 2.05) is 0 Å². The second-order valence-electron chi connectivity index (χ2n) is 6.56. The Morgan fingerprint density at radius 1 is 1.27 bits per heavy atom. The molecular weight excluding hydrogens is 360 g/mol. The van der Waals surface area contributed by atoms with Crippen molar-refractivity contribution in [3.8, 4) is 0 Å². The molecule has 2 aliphatic heterocycles. The third-order valence-electron chi connectivity index (χ3n) is 4.84. The van der Waals surface area contributed by atoms with Crippen molar-refractivity contribution >= 4 is 35.1 Å². The summed E-state index contributed by atoms with van der Waals surface area (Å²) in [6.45, 7) is 0.855. The number of amides is 2. The van der Waals surface area contributed by atoms with E-state index in [0.717, 1.165) is 0 Å². The van der Waals surface area contributed by atoms with E-state index in [9.17, 15) is 19.5 Å². The van der Waals surface area contributed by atoms with Gasteiger partial charge in [-0.25, -0.2) is 0 Å². The molecule has 1 aromatic rings. The molecule has 0 bridgehead atoms. The maximum atomic E-state index is 13.0. The van der Waals surface area contributed by atoms with E-state index in [-0.39, 0.29) is 37.4 Å². The maximum absolute atomic E-state index is 13.0. The van der Waals surface area contributed by atoms with Crippen molar-refractivity contribution < 1.29 is 24.2 Å². The number of hydrogen-bond acceptors (Lipinski definition) is 4. The van der Waals surface area contributed by atoms with Gasteiger partial charge in [-0.3, -0.25) is 14.4 Å². The van der Waals surface area contributed by atoms with Crippen LogP contribution in [0.15, 0.2) is 24.3 Å². The Kier molecular flexibility index (Phi) is 5.78. The summed E-state index contributed by atoms with van der Waals surface area (Å²) >= 11 is 6.17. The molecule has 1 aromatic carbocycles. The van der Waals surface area contributed by atoms with Crippen molar-refractivity contribution in [1.82, 2.24) is 4.90 Å². The Bertz CT molecular complexity index is 705. The van der Waals surface area contributed by atoms with Gasteiger partial charge in [0.1, 0.15) is 6.54 Å². The minimum absolute atomic E-state index is 0.0589. The number of ether oxygens (including phenoxy) is 1. The first-order chi connectivity index (χ1) is 12.5. The molecule has 2 saturated heterocycles. The molecule has 2 heterocycles. The van der Waals surface area contributed by atoms with Crippen LogP contribution in [-0.4, -0.2) is 60.1 Å². The summed E-state index contributed by atoms with van der Waals surface area (Å²) in [5.74, 6) is -2.10. The van der Waals surface area contributed by atoms with E-state index in [1.165, 1.54) is 9.80 Å². The SMILES string of the molecule is O=C(O)CN(C(=O)C1CC(=O)N(c2ccccc2Cl)C1)C1CCOCC1. The lowest BCUT2D eigenvalue weighted by molar-refractivity contribution is -0.149. The molecule has 0 radical (unpaired) electrons. The summed E-state index contributed by atoms with van der Waals surface area (Å²) in [6.07, 6.45) is 1.27. The summed E-state index contributed by atoms with van der Waals surface area (Å²) in [4.78, 5) is 39.6. The number of para-hydroxylation sites is 1. The molecule has 2 fully saturated rings. The van der Waals surface area contributed by atoms with Crippen LogP contribution in [0.4, 0.5) is 5.69 Å². The molecule has 0 aliphatic carbocycles. The zero-order valence-corrected chi connectivity index (χ0v) is 15.0. The van der Waals surface area contributed by atoms with Crippen molar-refractivity contribution in [2.75, 3.05) is 31.2 Å². The fraction of sp³-hybridized carbons (Fsp3) is 0.500. The van der Waals surface area contributed by atoms with E-state index < -0.39 is 11.9 Å². The highest BCUT2D eigenvalue weighted by Crippen LogP contribution is 2.32. The van der Waals surface area contributed by atoms with Gasteiger partial charge >= 0.3 is 5.97 Å². The summed E-state index contributed by atoms with van der Waals surface area (Å²) in [7, 11) is 0. The van der Waals surface area contributed by atoms with Gasteiger partial charge in [-0.1, -0.05) is 23.7 Å². The van der Waals surface area contributed by atoms with E-state index >= 15 is 0 Å². The highest BCUT2D eigenvalue weighted by Gasteiger charge is 2.40. The van der Waals surface area contributed by atoms with Crippen LogP contribution in [0.1, 0.15) is 19.3 Å². The number of benzene rings is 1. The average Bonchev–Trinajstić information content (AvgIpc) is 3.02. The highest BCUT2D eigenvalue weighted by molar-refractivity contribution is 6.33. The standard InChI is InChI=1S/C18H21ClN2O5/c19-14-3-1-2-4-15(14)21-10-12(9-16(21)22)18(25)20(11-17(23)24)13-5-7-26-8-6-13/h1-4,12-13H,5-11H2,(H,23,24). The summed E-state index contributed by atoms with van der Waals surface area (Å²) in [5, 5.41) is 9.65. The number of carboxylic acid groups (broad SMARTS) is 1. The predicted octanol–water partition coefficient (Wildman–Crippen LogP) is 1.79. The molecule has 1 atom stereocenters. The second-order valence-corrected chi connectivity index (χ2v) is 6.97. The van der Waals surface area contributed by atoms with Crippen molar-refractivity contribution in [3.05, 3.63) is 29.3 Å². The van der Waals surface area contributed by atoms with Crippen molar-refractivity contribution in [2.24, 2.45) is 5.92 Å². The van der Waals surface area contributed by atoms with Crippen LogP contribution < -0.4 is 4.90 Å². The van der Waals surface area contributed by atoms with E-state index in [2.05, 4.69) is 0 Å². The molecule has 8 heteroatoms. The fourth-order valence-electron chi connectivity index (χ4n) is 3.54. The first-order valence-electron chi connectivity index (χ1n) is 8.62. The first kappa shape index (κ1) is 18.7. The first-order valence-corrected chi connectivity index (χ1v) is 9.00. The monoisotopic (exact) mass is 380 g/mol. The normalized spacial score (nSPS) is 21.0. The largest absolute Gasteiger partial charge is 0.480 e. The molecule has 1 unspecified atom stereocenters. The van der Waals surface area contributed by atoms with Crippen LogP contribution in [0, 0.1) is 5.92 Å². The Morgan fingerprint density at radius 2 is 1.96 bits per heavy atom. The van der Waals surface area contributed by atoms with Gasteiger partial charge in [0, 0.05) is 32.2 Å². The van der Waals surface area contributed by atoms with E-state index in [4.69, 9.17) is 16.3 Å². The van der Waals surface area contributed by atoms with E-state index in [1.54, 1.807) is 24.3 Å². The molecule has 0 aromatic heterocycles. The summed E-state index contributed by atoms with van der Waals surface area (Å²) in [6, 6.07) is 6.81. The molecule has 3 rings (SSSR count). The van der Waals surface area contributed by atoms with Crippen LogP contribution in [0.2, 0.25) is 5.02 Å². The van der Waals surface area contributed by atoms with Gasteiger partial charge in [0.05, 0.1) is 16.6 Å². The van der Waals surface area contributed by atoms with Gasteiger partial charge in [0.25, 0.3) is 0 Å². The lowest BCUT2D eigenvalue weighted by Crippen LogP contribution is -2.48. The van der Waals surface area contributed by atoms with Gasteiger partial charge in [-0.15, -0.1) is 0 Å². The molecule has 2 amide bonds. The molecule has 2 aliphatic rings. The third-order valence-corrected chi connectivity index (χ3v) is 5.16. The highest BCUT2D eigenvalue weighted by atomic mass is 35.5. The number of carbonyl (C=O) groups is 3. The number of carboxylic acids is 1. The van der Waals surface area contributed by atoms with Crippen molar-refractivity contribution in [3.63, 3.8) is 0 Å². The number of carbonyl (C=O) groups excluding carboxylic acids is 2. The minimum Gasteiger partial charge on any atom is -0.480 e. The Labute approximate surface area is 156 Å². The molecule has 140 valence electrons. The Balaban J connectivity index is 1.76. The molecular formula is C18H21ClN2O5. The minimum atomic E-state index is -1.06. The zero-order chi connectivity index (χ0) is 18.7. The predicted molar refractivity (Wildman–Crippen MR) is 95.1 cm³/mol. The zero-order valence-electron chi connectivity index (χ0n) is 14.3. The van der Waals surface area contributed by atoms with Gasteiger partial charge in [0.2, 0.25) is 11.8 Å². The molecule has 7 nitrogen and oxygen atoms in total. The average molecular weight is 381 g/mol. The molecule has 26 heavy (non-hydrogen) atoms. The maximum Gasteiger partial charge on any atom is 0.323 e. The summed E-state index contributed by atoms with van der Waals surface area (Å²) in [5.41, 5.74) is 0.574. The fourth-order valence-corrected chi connectivity index (χ4v) is 3.78. The van der Waals surface area contributed by atoms with Crippen LogP contribution in [-0.2, 0) is 19.1 Å². The number of aliphatic carboxylic acids is 1. The molecule has 0 spiro atoms. The number of rotatable bonds is 5. The number of anilines is 1. The Hall–Kier alpha value is -2.12. The number of halogens is 1. The van der Waals surface area contributed by atoms with Crippen molar-refractivity contribution in [2.45, 2.75) is 25.3 Å². The van der Waals surface area contributed by atoms with Crippen LogP contribution in [0.25, 0.3) is 0 Å². The van der Waals surface area contributed by atoms with Gasteiger partial charge in [0.15, 0.2) is 0 Å². The van der Waals surface area contributed by atoms with Crippen LogP contribution >= 0.6 is 11.6 Å². The summed E-state index contributed by atoms with van der Waals surface area (Å²) < 4.78 is 5.30. The van der Waals surface area contributed by atoms with Crippen LogP contribution in [0.5, 0.6) is 0 Å². The van der Waals surface area contributed by atoms with Crippen molar-refractivity contribution in [1.29, 1.82) is 0 Å². The number of nitrogens with zero attached hydrogens (tertiary/aromatic N) is 2. The third kappa shape index (κ3) is 3.99. The quantitative estimate of drug-likeness (QED) is 0.841. The topological polar surface area (TPSA) is 87.2 Å². The molecule has 0 saturated carbocycles.